The third-order valence-electron chi connectivity index (χ3n) is 2.04. The van der Waals surface area contributed by atoms with Crippen LogP contribution in [-0.4, -0.2) is 12.6 Å². The van der Waals surface area contributed by atoms with Gasteiger partial charge in [-0.05, 0) is 25.0 Å². The van der Waals surface area contributed by atoms with Gasteiger partial charge < -0.3 is 10.5 Å². The van der Waals surface area contributed by atoms with E-state index >= 15 is 0 Å². The molecule has 14 heavy (non-hydrogen) atoms. The molecule has 76 valence electrons. The summed E-state index contributed by atoms with van der Waals surface area (Å²) in [7, 11) is 0. The van der Waals surface area contributed by atoms with Gasteiger partial charge in [0.05, 0.1) is 12.2 Å². The molecule has 0 saturated heterocycles. The Labute approximate surface area is 83.9 Å². The van der Waals surface area contributed by atoms with Gasteiger partial charge >= 0.3 is 5.97 Å². The lowest BCUT2D eigenvalue weighted by atomic mass is 10.0. The molecule has 0 amide bonds. The zero-order chi connectivity index (χ0) is 10.6. The van der Waals surface area contributed by atoms with Crippen LogP contribution in [0, 0.1) is 0 Å². The molecule has 0 aliphatic rings. The maximum atomic E-state index is 11.5. The number of hydrogen-bond donors (Lipinski definition) is 1. The molecule has 0 aliphatic heterocycles. The monoisotopic (exact) mass is 193 g/mol. The Morgan fingerprint density at radius 1 is 1.43 bits per heavy atom. The first kappa shape index (κ1) is 10.6. The summed E-state index contributed by atoms with van der Waals surface area (Å²) in [6.07, 6.45) is 0.777. The normalized spacial score (nSPS) is 9.86. The highest BCUT2D eigenvalue weighted by atomic mass is 16.5. The molecule has 0 aliphatic carbocycles. The summed E-state index contributed by atoms with van der Waals surface area (Å²) in [5, 5.41) is 0. The number of anilines is 1. The molecule has 2 N–H and O–H groups in total. The molecule has 0 unspecified atom stereocenters. The fourth-order valence-corrected chi connectivity index (χ4v) is 1.37. The van der Waals surface area contributed by atoms with Crippen molar-refractivity contribution in [2.24, 2.45) is 0 Å². The van der Waals surface area contributed by atoms with Gasteiger partial charge in [-0.3, -0.25) is 0 Å². The Bertz CT molecular complexity index is 334. The molecule has 0 spiro atoms. The summed E-state index contributed by atoms with van der Waals surface area (Å²) in [6, 6.07) is 5.45. The minimum Gasteiger partial charge on any atom is -0.462 e. The Kier molecular flexibility index (Phi) is 3.51. The first-order valence-corrected chi connectivity index (χ1v) is 4.75. The van der Waals surface area contributed by atoms with Gasteiger partial charge in [0.15, 0.2) is 0 Å². The number of esters is 1. The highest BCUT2D eigenvalue weighted by Gasteiger charge is 2.14. The van der Waals surface area contributed by atoms with Crippen molar-refractivity contribution in [3.63, 3.8) is 0 Å². The average Bonchev–Trinajstić information content (AvgIpc) is 2.17. The molecule has 1 aromatic rings. The molecular weight excluding hydrogens is 178 g/mol. The van der Waals surface area contributed by atoms with Crippen LogP contribution >= 0.6 is 0 Å². The van der Waals surface area contributed by atoms with Gasteiger partial charge in [-0.15, -0.1) is 0 Å². The largest absolute Gasteiger partial charge is 0.462 e. The van der Waals surface area contributed by atoms with Gasteiger partial charge in [-0.25, -0.2) is 4.79 Å². The number of hydrogen-bond acceptors (Lipinski definition) is 3. The molecule has 3 heteroatoms. The number of carbonyl (C=O) groups excluding carboxylic acids is 1. The van der Waals surface area contributed by atoms with Crippen LogP contribution in [0.1, 0.15) is 29.8 Å². The van der Waals surface area contributed by atoms with E-state index in [9.17, 15) is 4.79 Å². The maximum absolute atomic E-state index is 11.5. The van der Waals surface area contributed by atoms with E-state index in [0.29, 0.717) is 17.9 Å². The number of aryl methyl sites for hydroxylation is 1. The summed E-state index contributed by atoms with van der Waals surface area (Å²) in [5.41, 5.74) is 7.66. The summed E-state index contributed by atoms with van der Waals surface area (Å²) >= 11 is 0. The van der Waals surface area contributed by atoms with Crippen LogP contribution in [0.4, 0.5) is 5.69 Å². The van der Waals surface area contributed by atoms with Gasteiger partial charge in [0.1, 0.15) is 0 Å². The lowest BCUT2D eigenvalue weighted by Crippen LogP contribution is -2.10. The van der Waals surface area contributed by atoms with Crippen LogP contribution in [-0.2, 0) is 11.2 Å². The fourth-order valence-electron chi connectivity index (χ4n) is 1.37. The van der Waals surface area contributed by atoms with E-state index in [1.807, 2.05) is 19.1 Å². The molecule has 1 aromatic carbocycles. The molecule has 1 rings (SSSR count). The van der Waals surface area contributed by atoms with Crippen molar-refractivity contribution in [1.29, 1.82) is 0 Å². The van der Waals surface area contributed by atoms with Crippen molar-refractivity contribution >= 4 is 11.7 Å². The number of rotatable bonds is 3. The maximum Gasteiger partial charge on any atom is 0.340 e. The Morgan fingerprint density at radius 2 is 2.14 bits per heavy atom. The van der Waals surface area contributed by atoms with E-state index in [1.54, 1.807) is 13.0 Å². The van der Waals surface area contributed by atoms with E-state index < -0.39 is 0 Å². The van der Waals surface area contributed by atoms with Crippen molar-refractivity contribution in [1.82, 2.24) is 0 Å². The number of nitrogen functional groups attached to an aromatic ring is 1. The molecule has 0 atom stereocenters. The van der Waals surface area contributed by atoms with Gasteiger partial charge in [0, 0.05) is 5.69 Å². The molecule has 0 radical (unpaired) electrons. The highest BCUT2D eigenvalue weighted by Crippen LogP contribution is 2.18. The zero-order valence-corrected chi connectivity index (χ0v) is 8.54. The SMILES string of the molecule is CCOC(=O)c1c(N)cccc1CC. The van der Waals surface area contributed by atoms with Crippen LogP contribution in [0.2, 0.25) is 0 Å². The van der Waals surface area contributed by atoms with Gasteiger partial charge in [-0.2, -0.15) is 0 Å². The summed E-state index contributed by atoms with van der Waals surface area (Å²) in [6.45, 7) is 4.14. The van der Waals surface area contributed by atoms with Crippen LogP contribution < -0.4 is 5.73 Å². The first-order chi connectivity index (χ1) is 6.70. The Balaban J connectivity index is 3.10. The number of benzene rings is 1. The summed E-state index contributed by atoms with van der Waals surface area (Å²) < 4.78 is 4.93. The van der Waals surface area contributed by atoms with Gasteiger partial charge in [-0.1, -0.05) is 19.1 Å². The smallest absolute Gasteiger partial charge is 0.340 e. The quantitative estimate of drug-likeness (QED) is 0.590. The molecule has 3 nitrogen and oxygen atoms in total. The van der Waals surface area contributed by atoms with Crippen LogP contribution in [0.5, 0.6) is 0 Å². The standard InChI is InChI=1S/C11H15NO2/c1-3-8-6-5-7-9(12)10(8)11(13)14-4-2/h5-7H,3-4,12H2,1-2H3. The van der Waals surface area contributed by atoms with Gasteiger partial charge in [0.25, 0.3) is 0 Å². The van der Waals surface area contributed by atoms with E-state index in [0.717, 1.165) is 12.0 Å². The number of carbonyl (C=O) groups is 1. The summed E-state index contributed by atoms with van der Waals surface area (Å²) in [4.78, 5) is 11.5. The van der Waals surface area contributed by atoms with E-state index in [4.69, 9.17) is 10.5 Å². The lowest BCUT2D eigenvalue weighted by molar-refractivity contribution is 0.0526. The van der Waals surface area contributed by atoms with E-state index in [1.165, 1.54) is 0 Å². The topological polar surface area (TPSA) is 52.3 Å². The second-order valence-corrected chi connectivity index (χ2v) is 2.96. The third-order valence-corrected chi connectivity index (χ3v) is 2.04. The minimum absolute atomic E-state index is 0.331. The summed E-state index contributed by atoms with van der Waals surface area (Å²) in [5.74, 6) is -0.331. The van der Waals surface area contributed by atoms with E-state index in [-0.39, 0.29) is 5.97 Å². The minimum atomic E-state index is -0.331. The van der Waals surface area contributed by atoms with Crippen molar-refractivity contribution in [2.75, 3.05) is 12.3 Å². The van der Waals surface area contributed by atoms with Crippen molar-refractivity contribution in [2.45, 2.75) is 20.3 Å². The molecule has 0 aromatic heterocycles. The zero-order valence-electron chi connectivity index (χ0n) is 8.54. The molecular formula is C11H15NO2. The van der Waals surface area contributed by atoms with Crippen molar-refractivity contribution in [3.05, 3.63) is 29.3 Å². The average molecular weight is 193 g/mol. The Morgan fingerprint density at radius 3 is 2.71 bits per heavy atom. The number of nitrogens with two attached hydrogens (primary N) is 1. The molecule has 0 fully saturated rings. The molecule has 0 heterocycles. The second-order valence-electron chi connectivity index (χ2n) is 2.96. The van der Waals surface area contributed by atoms with Crippen molar-refractivity contribution in [3.8, 4) is 0 Å². The highest BCUT2D eigenvalue weighted by molar-refractivity contribution is 5.96. The van der Waals surface area contributed by atoms with Crippen molar-refractivity contribution < 1.29 is 9.53 Å². The second kappa shape index (κ2) is 4.65. The lowest BCUT2D eigenvalue weighted by Gasteiger charge is -2.09. The van der Waals surface area contributed by atoms with E-state index in [2.05, 4.69) is 0 Å². The van der Waals surface area contributed by atoms with Crippen LogP contribution in [0.3, 0.4) is 0 Å². The fraction of sp³-hybridized carbons (Fsp3) is 0.364. The van der Waals surface area contributed by atoms with Crippen LogP contribution in [0.25, 0.3) is 0 Å². The predicted molar refractivity (Wildman–Crippen MR) is 56.2 cm³/mol. The van der Waals surface area contributed by atoms with Crippen LogP contribution in [0.15, 0.2) is 18.2 Å². The molecule has 0 bridgehead atoms. The molecule has 0 saturated carbocycles. The Hall–Kier alpha value is -1.51. The first-order valence-electron chi connectivity index (χ1n) is 4.75. The predicted octanol–water partition coefficient (Wildman–Crippen LogP) is 2.01. The number of ether oxygens (including phenoxy) is 1. The van der Waals surface area contributed by atoms with Gasteiger partial charge in [0.2, 0.25) is 0 Å². The third kappa shape index (κ3) is 2.05.